The fraction of sp³-hybridized carbons (Fsp3) is 0.286. The van der Waals surface area contributed by atoms with Gasteiger partial charge in [-0.05, 0) is 35.9 Å². The second kappa shape index (κ2) is 7.05. The smallest absolute Gasteiger partial charge is 0.270 e. The van der Waals surface area contributed by atoms with E-state index < -0.39 is 31.1 Å². The van der Waals surface area contributed by atoms with Crippen LogP contribution in [0, 0.1) is 12.8 Å². The first kappa shape index (κ1) is 20.8. The zero-order valence-electron chi connectivity index (χ0n) is 15.8. The number of benzene rings is 2. The summed E-state index contributed by atoms with van der Waals surface area (Å²) in [6.45, 7) is 3.79. The van der Waals surface area contributed by atoms with Crippen LogP contribution in [0.15, 0.2) is 59.5 Å². The molecule has 0 radical (unpaired) electrons. The first-order valence-corrected chi connectivity index (χ1v) is 12.3. The topological polar surface area (TPSA) is 54.5 Å². The standard InChI is InChI=1S/C21H19Cl2NO3S2/c1-3-28-21-17-7-5-4-6-15(17)10-13-18(21)20(22,23)19(25)24(21)29(26,27)16-11-8-14(2)9-12-16/h4-13,18H,3H2,1-2H3/t18-,21+/m1/s1. The number of carbonyl (C=O) groups is 1. The lowest BCUT2D eigenvalue weighted by Gasteiger charge is -2.42. The van der Waals surface area contributed by atoms with Gasteiger partial charge in [-0.25, -0.2) is 12.7 Å². The Kier molecular flexibility index (Phi) is 5.05. The van der Waals surface area contributed by atoms with E-state index in [1.165, 1.54) is 23.9 Å². The number of sulfonamides is 1. The molecule has 2 aromatic carbocycles. The molecule has 4 rings (SSSR count). The molecule has 1 fully saturated rings. The van der Waals surface area contributed by atoms with Gasteiger partial charge < -0.3 is 0 Å². The fourth-order valence-corrected chi connectivity index (χ4v) is 8.39. The largest absolute Gasteiger partial charge is 0.275 e. The number of amides is 1. The van der Waals surface area contributed by atoms with Gasteiger partial charge in [0.25, 0.3) is 15.9 Å². The van der Waals surface area contributed by atoms with Crippen molar-refractivity contribution in [1.82, 2.24) is 4.31 Å². The molecule has 1 heterocycles. The minimum absolute atomic E-state index is 0.0318. The van der Waals surface area contributed by atoms with Gasteiger partial charge in [0, 0.05) is 0 Å². The Morgan fingerprint density at radius 3 is 2.41 bits per heavy atom. The predicted octanol–water partition coefficient (Wildman–Crippen LogP) is 4.95. The van der Waals surface area contributed by atoms with Gasteiger partial charge in [0.05, 0.1) is 10.8 Å². The van der Waals surface area contributed by atoms with Crippen LogP contribution in [0.1, 0.15) is 23.6 Å². The van der Waals surface area contributed by atoms with Gasteiger partial charge in [-0.2, -0.15) is 0 Å². The van der Waals surface area contributed by atoms with E-state index >= 15 is 0 Å². The molecule has 8 heteroatoms. The highest BCUT2D eigenvalue weighted by molar-refractivity contribution is 8.01. The van der Waals surface area contributed by atoms with Crippen LogP contribution < -0.4 is 0 Å². The molecule has 2 aliphatic rings. The molecule has 0 saturated carbocycles. The number of hydrogen-bond donors (Lipinski definition) is 0. The first-order chi connectivity index (χ1) is 13.7. The summed E-state index contributed by atoms with van der Waals surface area (Å²) in [5.41, 5.74) is 2.47. The summed E-state index contributed by atoms with van der Waals surface area (Å²) in [5, 5.41) is 0. The van der Waals surface area contributed by atoms with Crippen LogP contribution in [-0.2, 0) is 19.7 Å². The van der Waals surface area contributed by atoms with Crippen LogP contribution in [0.2, 0.25) is 0 Å². The molecule has 0 N–H and O–H groups in total. The maximum absolute atomic E-state index is 13.7. The molecule has 0 bridgehead atoms. The van der Waals surface area contributed by atoms with Crippen LogP contribution >= 0.6 is 35.0 Å². The summed E-state index contributed by atoms with van der Waals surface area (Å²) in [7, 11) is -4.21. The first-order valence-electron chi connectivity index (χ1n) is 9.13. The third-order valence-electron chi connectivity index (χ3n) is 5.32. The van der Waals surface area contributed by atoms with Crippen LogP contribution in [-0.4, -0.2) is 28.7 Å². The predicted molar refractivity (Wildman–Crippen MR) is 118 cm³/mol. The summed E-state index contributed by atoms with van der Waals surface area (Å²) in [6, 6.07) is 13.9. The molecule has 2 atom stereocenters. The number of fused-ring (bicyclic) bond motifs is 3. The lowest BCUT2D eigenvalue weighted by atomic mass is 9.84. The van der Waals surface area contributed by atoms with E-state index in [4.69, 9.17) is 23.2 Å². The molecule has 152 valence electrons. The monoisotopic (exact) mass is 467 g/mol. The minimum atomic E-state index is -4.21. The third-order valence-corrected chi connectivity index (χ3v) is 9.42. The molecule has 1 aliphatic heterocycles. The summed E-state index contributed by atoms with van der Waals surface area (Å²) >= 11 is 14.4. The molecule has 1 saturated heterocycles. The molecule has 29 heavy (non-hydrogen) atoms. The SMILES string of the molecule is CCS[C@@]12c3ccccc3C=C[C@@H]1C(Cl)(Cl)C(=O)N2S(=O)(=O)c1ccc(C)cc1. The van der Waals surface area contributed by atoms with Gasteiger partial charge in [0.15, 0.2) is 0 Å². The molecule has 1 amide bonds. The molecular weight excluding hydrogens is 449 g/mol. The van der Waals surface area contributed by atoms with Gasteiger partial charge in [0.1, 0.15) is 4.87 Å². The van der Waals surface area contributed by atoms with Crippen molar-refractivity contribution in [3.05, 3.63) is 71.3 Å². The van der Waals surface area contributed by atoms with E-state index in [2.05, 4.69) is 0 Å². The highest BCUT2D eigenvalue weighted by Crippen LogP contribution is 2.63. The van der Waals surface area contributed by atoms with Gasteiger partial charge in [0.2, 0.25) is 4.33 Å². The molecular formula is C21H19Cl2NO3S2. The van der Waals surface area contributed by atoms with Crippen LogP contribution in [0.25, 0.3) is 6.08 Å². The van der Waals surface area contributed by atoms with Crippen molar-refractivity contribution in [2.45, 2.75) is 27.9 Å². The van der Waals surface area contributed by atoms with Crippen LogP contribution in [0.4, 0.5) is 0 Å². The number of aryl methyl sites for hydroxylation is 1. The normalized spacial score (nSPS) is 25.0. The van der Waals surface area contributed by atoms with Crippen molar-refractivity contribution in [2.24, 2.45) is 5.92 Å². The number of alkyl halides is 2. The van der Waals surface area contributed by atoms with Crippen LogP contribution in [0.5, 0.6) is 0 Å². The number of carbonyl (C=O) groups excluding carboxylic acids is 1. The molecule has 0 spiro atoms. The summed E-state index contributed by atoms with van der Waals surface area (Å²) in [6.07, 6.45) is 3.61. The Bertz CT molecular complexity index is 1110. The zero-order chi connectivity index (χ0) is 21.0. The fourth-order valence-electron chi connectivity index (χ4n) is 4.04. The summed E-state index contributed by atoms with van der Waals surface area (Å²) in [4.78, 5) is 12.2. The van der Waals surface area contributed by atoms with Crippen molar-refractivity contribution >= 4 is 57.0 Å². The van der Waals surface area contributed by atoms with Crippen molar-refractivity contribution in [3.8, 4) is 0 Å². The lowest BCUT2D eigenvalue weighted by molar-refractivity contribution is -0.125. The van der Waals surface area contributed by atoms with Crippen molar-refractivity contribution in [2.75, 3.05) is 5.75 Å². The Balaban J connectivity index is 2.03. The van der Waals surface area contributed by atoms with E-state index in [0.29, 0.717) is 11.3 Å². The number of thioether (sulfide) groups is 1. The summed E-state index contributed by atoms with van der Waals surface area (Å²) in [5.74, 6) is -0.991. The summed E-state index contributed by atoms with van der Waals surface area (Å²) < 4.78 is 26.5. The van der Waals surface area contributed by atoms with Gasteiger partial charge in [-0.15, -0.1) is 11.8 Å². The van der Waals surface area contributed by atoms with Gasteiger partial charge in [-0.1, -0.05) is 84.2 Å². The van der Waals surface area contributed by atoms with E-state index in [-0.39, 0.29) is 4.90 Å². The Labute approximate surface area is 184 Å². The second-order valence-corrected chi connectivity index (χ2v) is 11.7. The van der Waals surface area contributed by atoms with Crippen molar-refractivity contribution in [1.29, 1.82) is 0 Å². The maximum atomic E-state index is 13.7. The highest BCUT2D eigenvalue weighted by Gasteiger charge is 2.70. The molecule has 2 aromatic rings. The van der Waals surface area contributed by atoms with E-state index in [1.807, 2.05) is 44.2 Å². The zero-order valence-corrected chi connectivity index (χ0v) is 18.9. The van der Waals surface area contributed by atoms with Gasteiger partial charge in [-0.3, -0.25) is 4.79 Å². The number of halogens is 2. The Hall–Kier alpha value is -1.47. The molecule has 1 aliphatic carbocycles. The van der Waals surface area contributed by atoms with E-state index in [1.54, 1.807) is 18.2 Å². The molecule has 4 nitrogen and oxygen atoms in total. The third kappa shape index (κ3) is 2.87. The maximum Gasteiger partial charge on any atom is 0.275 e. The Morgan fingerprint density at radius 2 is 1.76 bits per heavy atom. The number of rotatable bonds is 4. The second-order valence-electron chi connectivity index (χ2n) is 7.06. The average molecular weight is 468 g/mol. The lowest BCUT2D eigenvalue weighted by Crippen LogP contribution is -2.48. The molecule has 0 unspecified atom stereocenters. The minimum Gasteiger partial charge on any atom is -0.270 e. The average Bonchev–Trinajstić information content (AvgIpc) is 2.86. The van der Waals surface area contributed by atoms with Crippen molar-refractivity contribution < 1.29 is 13.2 Å². The quantitative estimate of drug-likeness (QED) is 0.596. The Morgan fingerprint density at radius 1 is 1.10 bits per heavy atom. The van der Waals surface area contributed by atoms with Crippen LogP contribution in [0.3, 0.4) is 0 Å². The molecule has 0 aromatic heterocycles. The number of hydrogen-bond acceptors (Lipinski definition) is 4. The highest BCUT2D eigenvalue weighted by atomic mass is 35.5. The number of nitrogens with zero attached hydrogens (tertiary/aromatic N) is 1. The van der Waals surface area contributed by atoms with Crippen molar-refractivity contribution in [3.63, 3.8) is 0 Å². The van der Waals surface area contributed by atoms with E-state index in [9.17, 15) is 13.2 Å². The van der Waals surface area contributed by atoms with Gasteiger partial charge >= 0.3 is 0 Å². The van der Waals surface area contributed by atoms with E-state index in [0.717, 1.165) is 15.4 Å².